The number of nitrogens with one attached hydrogen (secondary N) is 1. The third-order valence-electron chi connectivity index (χ3n) is 3.23. The first-order chi connectivity index (χ1) is 8.56. The van der Waals surface area contributed by atoms with Crippen molar-refractivity contribution in [1.29, 1.82) is 0 Å². The van der Waals surface area contributed by atoms with Crippen LogP contribution in [-0.2, 0) is 0 Å². The predicted octanol–water partition coefficient (Wildman–Crippen LogP) is 1.70. The van der Waals surface area contributed by atoms with Crippen LogP contribution in [0.15, 0.2) is 18.2 Å². The quantitative estimate of drug-likeness (QED) is 0.853. The number of pyridine rings is 1. The molecular formula is C13H16N2O3. The third kappa shape index (κ3) is 2.85. The Bertz CT molecular complexity index is 473. The Labute approximate surface area is 105 Å². The number of carboxylic acids is 1. The summed E-state index contributed by atoms with van der Waals surface area (Å²) in [4.78, 5) is 26.5. The molecule has 1 aliphatic carbocycles. The first kappa shape index (κ1) is 12.5. The zero-order valence-corrected chi connectivity index (χ0v) is 10.2. The third-order valence-corrected chi connectivity index (χ3v) is 3.23. The number of carbonyl (C=O) groups excluding carboxylic acids is 1. The molecule has 2 unspecified atom stereocenters. The Hall–Kier alpha value is -1.91. The summed E-state index contributed by atoms with van der Waals surface area (Å²) in [6, 6.07) is 4.61. The van der Waals surface area contributed by atoms with Crippen molar-refractivity contribution in [3.8, 4) is 0 Å². The number of carboxylic acid groups (broad SMARTS) is 1. The highest BCUT2D eigenvalue weighted by Crippen LogP contribution is 2.24. The first-order valence-electron chi connectivity index (χ1n) is 6.07. The van der Waals surface area contributed by atoms with Crippen LogP contribution in [0, 0.1) is 5.92 Å². The monoisotopic (exact) mass is 248 g/mol. The van der Waals surface area contributed by atoms with Crippen LogP contribution in [-0.4, -0.2) is 28.0 Å². The van der Waals surface area contributed by atoms with Crippen LogP contribution in [0.1, 0.15) is 47.2 Å². The minimum Gasteiger partial charge on any atom is -0.477 e. The number of hydrogen-bond donors (Lipinski definition) is 2. The molecule has 18 heavy (non-hydrogen) atoms. The van der Waals surface area contributed by atoms with Gasteiger partial charge >= 0.3 is 5.97 Å². The van der Waals surface area contributed by atoms with Crippen molar-refractivity contribution >= 4 is 11.9 Å². The highest BCUT2D eigenvalue weighted by Gasteiger charge is 2.23. The standard InChI is InChI=1S/C13H16N2O3/c1-8-5-6-9(7-8)14-12(16)10-3-2-4-11(15-10)13(17)18/h2-4,8-9H,5-7H2,1H3,(H,14,16)(H,17,18). The molecule has 0 spiro atoms. The largest absolute Gasteiger partial charge is 0.477 e. The SMILES string of the molecule is CC1CCC(NC(=O)c2cccc(C(=O)O)n2)C1. The van der Waals surface area contributed by atoms with Crippen LogP contribution >= 0.6 is 0 Å². The van der Waals surface area contributed by atoms with E-state index in [9.17, 15) is 9.59 Å². The van der Waals surface area contributed by atoms with Gasteiger partial charge in [-0.05, 0) is 37.3 Å². The van der Waals surface area contributed by atoms with Gasteiger partial charge in [0.1, 0.15) is 11.4 Å². The molecule has 96 valence electrons. The summed E-state index contributed by atoms with van der Waals surface area (Å²) in [6.07, 6.45) is 3.07. The van der Waals surface area contributed by atoms with Crippen LogP contribution < -0.4 is 5.32 Å². The molecule has 1 saturated carbocycles. The fourth-order valence-corrected chi connectivity index (χ4v) is 2.28. The lowest BCUT2D eigenvalue weighted by Crippen LogP contribution is -2.33. The summed E-state index contributed by atoms with van der Waals surface area (Å²) in [7, 11) is 0. The van der Waals surface area contributed by atoms with E-state index in [1.54, 1.807) is 0 Å². The Balaban J connectivity index is 2.04. The summed E-state index contributed by atoms with van der Waals surface area (Å²) in [5.74, 6) is -0.787. The molecule has 2 rings (SSSR count). The molecular weight excluding hydrogens is 232 g/mol. The second kappa shape index (κ2) is 5.16. The molecule has 0 radical (unpaired) electrons. The van der Waals surface area contributed by atoms with Crippen molar-refractivity contribution < 1.29 is 14.7 Å². The van der Waals surface area contributed by atoms with Crippen LogP contribution in [0.4, 0.5) is 0 Å². The topological polar surface area (TPSA) is 79.3 Å². The van der Waals surface area contributed by atoms with Gasteiger partial charge in [0, 0.05) is 6.04 Å². The molecule has 0 aromatic carbocycles. The predicted molar refractivity (Wildman–Crippen MR) is 65.5 cm³/mol. The van der Waals surface area contributed by atoms with Gasteiger partial charge in [-0.3, -0.25) is 4.79 Å². The maximum absolute atomic E-state index is 11.9. The molecule has 1 aromatic rings. The summed E-state index contributed by atoms with van der Waals surface area (Å²) in [6.45, 7) is 2.16. The van der Waals surface area contributed by atoms with E-state index in [0.29, 0.717) is 5.92 Å². The molecule has 5 heteroatoms. The van der Waals surface area contributed by atoms with E-state index in [-0.39, 0.29) is 23.3 Å². The van der Waals surface area contributed by atoms with E-state index < -0.39 is 5.97 Å². The molecule has 1 heterocycles. The van der Waals surface area contributed by atoms with Crippen molar-refractivity contribution in [2.24, 2.45) is 5.92 Å². The number of rotatable bonds is 3. The van der Waals surface area contributed by atoms with E-state index in [4.69, 9.17) is 5.11 Å². The maximum atomic E-state index is 11.9. The lowest BCUT2D eigenvalue weighted by atomic mass is 10.1. The minimum absolute atomic E-state index is 0.109. The van der Waals surface area contributed by atoms with Crippen molar-refractivity contribution in [3.63, 3.8) is 0 Å². The molecule has 0 saturated heterocycles. The average molecular weight is 248 g/mol. The zero-order valence-electron chi connectivity index (χ0n) is 10.2. The van der Waals surface area contributed by atoms with E-state index in [0.717, 1.165) is 19.3 Å². The number of amides is 1. The summed E-state index contributed by atoms with van der Waals surface area (Å²) in [5.41, 5.74) is 0.0527. The van der Waals surface area contributed by atoms with Crippen LogP contribution in [0.25, 0.3) is 0 Å². The highest BCUT2D eigenvalue weighted by molar-refractivity contribution is 5.94. The van der Waals surface area contributed by atoms with Gasteiger partial charge in [-0.15, -0.1) is 0 Å². The Kier molecular flexibility index (Phi) is 3.60. The number of aromatic carboxylic acids is 1. The van der Waals surface area contributed by atoms with Gasteiger partial charge in [-0.25, -0.2) is 9.78 Å². The average Bonchev–Trinajstić information content (AvgIpc) is 2.75. The van der Waals surface area contributed by atoms with E-state index >= 15 is 0 Å². The van der Waals surface area contributed by atoms with Crippen LogP contribution in [0.5, 0.6) is 0 Å². The molecule has 2 N–H and O–H groups in total. The molecule has 0 bridgehead atoms. The van der Waals surface area contributed by atoms with Gasteiger partial charge < -0.3 is 10.4 Å². The van der Waals surface area contributed by atoms with E-state index in [2.05, 4.69) is 17.2 Å². The normalized spacial score (nSPS) is 22.7. The number of hydrogen-bond acceptors (Lipinski definition) is 3. The Morgan fingerprint density at radius 2 is 2.06 bits per heavy atom. The smallest absolute Gasteiger partial charge is 0.354 e. The first-order valence-corrected chi connectivity index (χ1v) is 6.07. The number of nitrogens with zero attached hydrogens (tertiary/aromatic N) is 1. The molecule has 1 aromatic heterocycles. The summed E-state index contributed by atoms with van der Waals surface area (Å²) < 4.78 is 0. The van der Waals surface area contributed by atoms with E-state index in [1.807, 2.05) is 0 Å². The van der Waals surface area contributed by atoms with Crippen molar-refractivity contribution in [2.45, 2.75) is 32.2 Å². The second-order valence-electron chi connectivity index (χ2n) is 4.80. The van der Waals surface area contributed by atoms with E-state index in [1.165, 1.54) is 18.2 Å². The Morgan fingerprint density at radius 1 is 1.33 bits per heavy atom. The van der Waals surface area contributed by atoms with Gasteiger partial charge in [-0.1, -0.05) is 13.0 Å². The number of carbonyl (C=O) groups is 2. The molecule has 5 nitrogen and oxygen atoms in total. The van der Waals surface area contributed by atoms with Gasteiger partial charge in [0.05, 0.1) is 0 Å². The van der Waals surface area contributed by atoms with Crippen LogP contribution in [0.3, 0.4) is 0 Å². The van der Waals surface area contributed by atoms with Gasteiger partial charge in [0.25, 0.3) is 5.91 Å². The molecule has 2 atom stereocenters. The summed E-state index contributed by atoms with van der Waals surface area (Å²) in [5, 5.41) is 11.7. The zero-order chi connectivity index (χ0) is 13.1. The fourth-order valence-electron chi connectivity index (χ4n) is 2.28. The lowest BCUT2D eigenvalue weighted by molar-refractivity contribution is 0.0690. The second-order valence-corrected chi connectivity index (χ2v) is 4.80. The molecule has 1 fully saturated rings. The molecule has 0 aliphatic heterocycles. The van der Waals surface area contributed by atoms with Crippen molar-refractivity contribution in [2.75, 3.05) is 0 Å². The van der Waals surface area contributed by atoms with Crippen molar-refractivity contribution in [1.82, 2.24) is 10.3 Å². The maximum Gasteiger partial charge on any atom is 0.354 e. The van der Waals surface area contributed by atoms with Crippen LogP contribution in [0.2, 0.25) is 0 Å². The Morgan fingerprint density at radius 3 is 2.67 bits per heavy atom. The molecule has 1 aliphatic rings. The summed E-state index contributed by atoms with van der Waals surface area (Å²) >= 11 is 0. The minimum atomic E-state index is -1.13. The molecule has 1 amide bonds. The van der Waals surface area contributed by atoms with Crippen molar-refractivity contribution in [3.05, 3.63) is 29.6 Å². The van der Waals surface area contributed by atoms with Gasteiger partial charge in [0.2, 0.25) is 0 Å². The fraction of sp³-hybridized carbons (Fsp3) is 0.462. The lowest BCUT2D eigenvalue weighted by Gasteiger charge is -2.12. The van der Waals surface area contributed by atoms with Gasteiger partial charge in [-0.2, -0.15) is 0 Å². The highest BCUT2D eigenvalue weighted by atomic mass is 16.4. The number of aromatic nitrogens is 1. The van der Waals surface area contributed by atoms with Gasteiger partial charge in [0.15, 0.2) is 0 Å².